The van der Waals surface area contributed by atoms with Gasteiger partial charge >= 0.3 is 0 Å². The van der Waals surface area contributed by atoms with Gasteiger partial charge in [-0.05, 0) is 18.2 Å². The zero-order valence-electron chi connectivity index (χ0n) is 11.7. The van der Waals surface area contributed by atoms with Crippen LogP contribution in [0, 0.1) is 5.82 Å². The van der Waals surface area contributed by atoms with Crippen molar-refractivity contribution in [2.45, 2.75) is 0 Å². The molecule has 114 valence electrons. The van der Waals surface area contributed by atoms with Gasteiger partial charge in [0.05, 0.1) is 18.1 Å². The van der Waals surface area contributed by atoms with Crippen LogP contribution < -0.4 is 11.1 Å². The Labute approximate surface area is 128 Å². The minimum Gasteiger partial charge on any atom is -0.381 e. The van der Waals surface area contributed by atoms with Crippen molar-refractivity contribution in [3.05, 3.63) is 54.2 Å². The van der Waals surface area contributed by atoms with Crippen LogP contribution in [-0.4, -0.2) is 25.5 Å². The summed E-state index contributed by atoms with van der Waals surface area (Å²) >= 11 is 0. The fourth-order valence-electron chi connectivity index (χ4n) is 2.53. The van der Waals surface area contributed by atoms with E-state index in [1.807, 2.05) is 18.2 Å². The number of amides is 1. The number of benzene rings is 1. The second kappa shape index (κ2) is 4.80. The largest absolute Gasteiger partial charge is 0.381 e. The smallest absolute Gasteiger partial charge is 0.263 e. The molecule has 0 aliphatic carbocycles. The molecule has 0 aliphatic heterocycles. The van der Waals surface area contributed by atoms with Crippen molar-refractivity contribution >= 4 is 34.0 Å². The molecular formula is C15H11FN6O. The number of aromatic nitrogens is 4. The molecule has 7 nitrogen and oxygen atoms in total. The minimum absolute atomic E-state index is 0.0122. The zero-order chi connectivity index (χ0) is 16.0. The van der Waals surface area contributed by atoms with Crippen molar-refractivity contribution in [1.82, 2.24) is 19.6 Å². The number of nitrogens with one attached hydrogen (secondary N) is 2. The molecule has 8 heteroatoms. The maximum atomic E-state index is 13.2. The summed E-state index contributed by atoms with van der Waals surface area (Å²) in [5.74, 6) is -1.03. The highest BCUT2D eigenvalue weighted by Crippen LogP contribution is 2.24. The molecule has 0 bridgehead atoms. The van der Waals surface area contributed by atoms with Gasteiger partial charge in [-0.2, -0.15) is 0 Å². The molecular weight excluding hydrogens is 299 g/mol. The molecule has 4 N–H and O–H groups in total. The predicted octanol–water partition coefficient (Wildman–Crippen LogP) is 2.18. The van der Waals surface area contributed by atoms with E-state index in [2.05, 4.69) is 20.4 Å². The molecule has 0 atom stereocenters. The van der Waals surface area contributed by atoms with Crippen LogP contribution in [0.4, 0.5) is 15.9 Å². The summed E-state index contributed by atoms with van der Waals surface area (Å²) in [5.41, 5.74) is 7.63. The van der Waals surface area contributed by atoms with Gasteiger partial charge in [-0.1, -0.05) is 6.07 Å². The van der Waals surface area contributed by atoms with Gasteiger partial charge in [0.15, 0.2) is 17.3 Å². The van der Waals surface area contributed by atoms with Gasteiger partial charge in [0.1, 0.15) is 5.56 Å². The van der Waals surface area contributed by atoms with E-state index in [9.17, 15) is 9.18 Å². The number of halogens is 1. The van der Waals surface area contributed by atoms with Crippen LogP contribution in [0.15, 0.2) is 42.9 Å². The number of rotatable bonds is 2. The molecule has 1 aromatic carbocycles. The van der Waals surface area contributed by atoms with Crippen molar-refractivity contribution < 1.29 is 9.18 Å². The standard InChI is InChI=1S/C15H11FN6O/c16-8-6-19-14-12(13(17)21-22(14)7-8)15(23)20-11-3-1-2-10-9(11)4-5-18-10/h1-7,18H,(H2,17,21)(H,20,23). The average molecular weight is 310 g/mol. The maximum Gasteiger partial charge on any atom is 0.263 e. The third-order valence-corrected chi connectivity index (χ3v) is 3.54. The minimum atomic E-state index is -0.566. The fraction of sp³-hybridized carbons (Fsp3) is 0. The molecule has 0 radical (unpaired) electrons. The molecule has 23 heavy (non-hydrogen) atoms. The lowest BCUT2D eigenvalue weighted by molar-refractivity contribution is 0.102. The average Bonchev–Trinajstić information content (AvgIpc) is 3.10. The second-order valence-corrected chi connectivity index (χ2v) is 5.00. The fourth-order valence-corrected chi connectivity index (χ4v) is 2.53. The first kappa shape index (κ1) is 13.3. The van der Waals surface area contributed by atoms with Crippen molar-refractivity contribution in [2.24, 2.45) is 0 Å². The number of H-pyrrole nitrogens is 1. The molecule has 0 saturated heterocycles. The highest BCUT2D eigenvalue weighted by atomic mass is 19.1. The van der Waals surface area contributed by atoms with E-state index in [4.69, 9.17) is 5.73 Å². The Kier molecular flexibility index (Phi) is 2.77. The first-order valence-electron chi connectivity index (χ1n) is 6.80. The molecule has 3 aromatic heterocycles. The van der Waals surface area contributed by atoms with Gasteiger partial charge in [-0.15, -0.1) is 5.10 Å². The molecule has 4 aromatic rings. The van der Waals surface area contributed by atoms with Crippen molar-refractivity contribution in [3.63, 3.8) is 0 Å². The number of aromatic amines is 1. The Morgan fingerprint density at radius 2 is 2.22 bits per heavy atom. The van der Waals surface area contributed by atoms with E-state index in [-0.39, 0.29) is 17.0 Å². The van der Waals surface area contributed by atoms with Crippen molar-refractivity contribution in [1.29, 1.82) is 0 Å². The monoisotopic (exact) mass is 310 g/mol. The molecule has 0 saturated carbocycles. The number of carbonyl (C=O) groups excluding carboxylic acids is 1. The third-order valence-electron chi connectivity index (χ3n) is 3.54. The summed E-state index contributed by atoms with van der Waals surface area (Å²) in [4.78, 5) is 19.5. The molecule has 0 spiro atoms. The molecule has 0 unspecified atom stereocenters. The van der Waals surface area contributed by atoms with Crippen molar-refractivity contribution in [2.75, 3.05) is 11.1 Å². The van der Waals surface area contributed by atoms with Gasteiger partial charge in [0, 0.05) is 17.1 Å². The summed E-state index contributed by atoms with van der Waals surface area (Å²) in [5, 5.41) is 7.58. The van der Waals surface area contributed by atoms with E-state index in [0.717, 1.165) is 27.8 Å². The number of nitrogen functional groups attached to an aromatic ring is 1. The topological polar surface area (TPSA) is 101 Å². The van der Waals surface area contributed by atoms with Crippen LogP contribution in [0.1, 0.15) is 10.4 Å². The SMILES string of the molecule is Nc1nn2cc(F)cnc2c1C(=O)Nc1cccc2[nH]ccc12. The predicted molar refractivity (Wildman–Crippen MR) is 83.6 cm³/mol. The summed E-state index contributed by atoms with van der Waals surface area (Å²) in [6.07, 6.45) is 3.91. The second-order valence-electron chi connectivity index (χ2n) is 5.00. The number of carbonyl (C=O) groups is 1. The first-order valence-corrected chi connectivity index (χ1v) is 6.80. The molecule has 4 rings (SSSR count). The number of nitrogens with zero attached hydrogens (tertiary/aromatic N) is 3. The van der Waals surface area contributed by atoms with Crippen LogP contribution in [0.25, 0.3) is 16.6 Å². The third kappa shape index (κ3) is 2.08. The van der Waals surface area contributed by atoms with Gasteiger partial charge in [0.25, 0.3) is 5.91 Å². The van der Waals surface area contributed by atoms with E-state index < -0.39 is 11.7 Å². The first-order chi connectivity index (χ1) is 11.1. The van der Waals surface area contributed by atoms with Crippen LogP contribution in [0.5, 0.6) is 0 Å². The Hall–Kier alpha value is -3.42. The van der Waals surface area contributed by atoms with Gasteiger partial charge in [-0.3, -0.25) is 4.79 Å². The quantitative estimate of drug-likeness (QED) is 0.528. The van der Waals surface area contributed by atoms with Crippen LogP contribution >= 0.6 is 0 Å². The molecule has 0 aliphatic rings. The number of nitrogens with two attached hydrogens (primary N) is 1. The van der Waals surface area contributed by atoms with E-state index in [1.54, 1.807) is 12.3 Å². The number of hydrogen-bond donors (Lipinski definition) is 3. The molecule has 3 heterocycles. The van der Waals surface area contributed by atoms with E-state index in [0.29, 0.717) is 5.69 Å². The van der Waals surface area contributed by atoms with Crippen molar-refractivity contribution in [3.8, 4) is 0 Å². The van der Waals surface area contributed by atoms with Crippen LogP contribution in [0.2, 0.25) is 0 Å². The Balaban J connectivity index is 1.78. The summed E-state index contributed by atoms with van der Waals surface area (Å²) < 4.78 is 14.3. The molecule has 1 amide bonds. The van der Waals surface area contributed by atoms with Gasteiger partial charge < -0.3 is 16.0 Å². The summed E-state index contributed by atoms with van der Waals surface area (Å²) in [6.45, 7) is 0. The number of fused-ring (bicyclic) bond motifs is 2. The van der Waals surface area contributed by atoms with Gasteiger partial charge in [-0.25, -0.2) is 13.9 Å². The summed E-state index contributed by atoms with van der Waals surface area (Å²) in [7, 11) is 0. The lowest BCUT2D eigenvalue weighted by Gasteiger charge is -2.06. The van der Waals surface area contributed by atoms with Gasteiger partial charge in [0.2, 0.25) is 0 Å². The number of anilines is 2. The van der Waals surface area contributed by atoms with Crippen LogP contribution in [0.3, 0.4) is 0 Å². The van der Waals surface area contributed by atoms with E-state index >= 15 is 0 Å². The Bertz CT molecular complexity index is 1050. The highest BCUT2D eigenvalue weighted by molar-refractivity contribution is 6.14. The Morgan fingerprint density at radius 3 is 3.09 bits per heavy atom. The summed E-state index contributed by atoms with van der Waals surface area (Å²) in [6, 6.07) is 7.36. The van der Waals surface area contributed by atoms with E-state index in [1.165, 1.54) is 0 Å². The maximum absolute atomic E-state index is 13.2. The normalized spacial score (nSPS) is 11.2. The number of hydrogen-bond acceptors (Lipinski definition) is 4. The lowest BCUT2D eigenvalue weighted by atomic mass is 10.2. The highest BCUT2D eigenvalue weighted by Gasteiger charge is 2.20. The Morgan fingerprint density at radius 1 is 1.35 bits per heavy atom. The lowest BCUT2D eigenvalue weighted by Crippen LogP contribution is -2.14. The molecule has 0 fully saturated rings. The van der Waals surface area contributed by atoms with Crippen LogP contribution in [-0.2, 0) is 0 Å². The zero-order valence-corrected chi connectivity index (χ0v) is 11.7.